The highest BCUT2D eigenvalue weighted by Crippen LogP contribution is 2.47. The number of nitro benzene ring substituents is 1. The van der Waals surface area contributed by atoms with E-state index in [1.54, 1.807) is 36.2 Å². The summed E-state index contributed by atoms with van der Waals surface area (Å²) in [6.45, 7) is 0.0777. The van der Waals surface area contributed by atoms with Gasteiger partial charge in [0, 0.05) is 36.9 Å². The molecule has 180 valence electrons. The third kappa shape index (κ3) is 4.47. The van der Waals surface area contributed by atoms with Gasteiger partial charge in [0.15, 0.2) is 17.3 Å². The van der Waals surface area contributed by atoms with Gasteiger partial charge in [-0.15, -0.1) is 0 Å². The maximum Gasteiger partial charge on any atom is 0.269 e. The molecule has 0 saturated carbocycles. The first kappa shape index (κ1) is 24.3. The van der Waals surface area contributed by atoms with Crippen molar-refractivity contribution in [2.75, 3.05) is 14.2 Å². The average Bonchev–Trinajstić information content (AvgIpc) is 2.85. The van der Waals surface area contributed by atoms with Gasteiger partial charge in [0.1, 0.15) is 12.4 Å². The van der Waals surface area contributed by atoms with Gasteiger partial charge in [-0.25, -0.2) is 0 Å². The zero-order valence-corrected chi connectivity index (χ0v) is 20.8. The van der Waals surface area contributed by atoms with Crippen molar-refractivity contribution in [3.8, 4) is 17.6 Å². The first-order valence-corrected chi connectivity index (χ1v) is 11.7. The Hall–Kier alpha value is -3.84. The first-order chi connectivity index (χ1) is 16.8. The largest absolute Gasteiger partial charge is 0.493 e. The number of methoxy groups -OCH3 is 1. The summed E-state index contributed by atoms with van der Waals surface area (Å²) in [5.74, 6) is 0.502. The molecule has 35 heavy (non-hydrogen) atoms. The van der Waals surface area contributed by atoms with Gasteiger partial charge in [0.2, 0.25) is 0 Å². The Bertz CT molecular complexity index is 1330. The maximum atomic E-state index is 13.0. The number of Topliss-reactive ketones (excluding diaryl/α,β-unsaturated/α-hetero) is 1. The Kier molecular flexibility index (Phi) is 6.80. The minimum Gasteiger partial charge on any atom is -0.493 e. The fourth-order valence-corrected chi connectivity index (χ4v) is 5.13. The number of carbonyl (C=O) groups excluding carboxylic acids is 1. The Morgan fingerprint density at radius 3 is 2.77 bits per heavy atom. The van der Waals surface area contributed by atoms with E-state index in [-0.39, 0.29) is 18.1 Å². The number of allylic oxidation sites excluding steroid dienone is 3. The molecule has 1 atom stereocenters. The molecule has 0 saturated heterocycles. The number of nitrogens with zero attached hydrogens (tertiary/aromatic N) is 3. The van der Waals surface area contributed by atoms with Crippen LogP contribution in [0, 0.1) is 21.4 Å². The van der Waals surface area contributed by atoms with Crippen LogP contribution in [0.15, 0.2) is 63.5 Å². The van der Waals surface area contributed by atoms with Crippen molar-refractivity contribution in [2.24, 2.45) is 5.73 Å². The predicted octanol–water partition coefficient (Wildman–Crippen LogP) is 4.67. The molecule has 0 unspecified atom stereocenters. The lowest BCUT2D eigenvalue weighted by atomic mass is 9.76. The third-order valence-electron chi connectivity index (χ3n) is 6.26. The van der Waals surface area contributed by atoms with Crippen LogP contribution in [0.3, 0.4) is 0 Å². The number of halogens is 1. The van der Waals surface area contributed by atoms with Crippen LogP contribution < -0.4 is 15.2 Å². The highest BCUT2D eigenvalue weighted by atomic mass is 79.9. The monoisotopic (exact) mass is 538 g/mol. The second-order valence-corrected chi connectivity index (χ2v) is 9.14. The minimum atomic E-state index is -0.616. The third-order valence-corrected chi connectivity index (χ3v) is 6.85. The van der Waals surface area contributed by atoms with Crippen molar-refractivity contribution in [1.82, 2.24) is 4.90 Å². The van der Waals surface area contributed by atoms with Gasteiger partial charge in [0.05, 0.1) is 34.1 Å². The van der Waals surface area contributed by atoms with Crippen molar-refractivity contribution in [2.45, 2.75) is 31.8 Å². The number of hydrogen-bond donors (Lipinski definition) is 1. The first-order valence-electron chi connectivity index (χ1n) is 10.9. The zero-order valence-electron chi connectivity index (χ0n) is 19.2. The molecule has 0 spiro atoms. The normalized spacial score (nSPS) is 17.7. The van der Waals surface area contributed by atoms with E-state index < -0.39 is 10.8 Å². The van der Waals surface area contributed by atoms with Gasteiger partial charge in [-0.2, -0.15) is 5.26 Å². The van der Waals surface area contributed by atoms with E-state index in [9.17, 15) is 20.2 Å². The highest BCUT2D eigenvalue weighted by Gasteiger charge is 2.39. The number of carbonyl (C=O) groups is 1. The molecule has 0 radical (unpaired) electrons. The van der Waals surface area contributed by atoms with E-state index in [0.717, 1.165) is 12.1 Å². The fourth-order valence-electron chi connectivity index (χ4n) is 4.56. The molecule has 2 aromatic rings. The summed E-state index contributed by atoms with van der Waals surface area (Å²) in [5.41, 5.74) is 9.32. The summed E-state index contributed by atoms with van der Waals surface area (Å²) in [5, 5.41) is 21.0. The predicted molar refractivity (Wildman–Crippen MR) is 131 cm³/mol. The summed E-state index contributed by atoms with van der Waals surface area (Å²) < 4.78 is 12.1. The Morgan fingerprint density at radius 1 is 1.31 bits per heavy atom. The second-order valence-electron chi connectivity index (χ2n) is 8.29. The van der Waals surface area contributed by atoms with Gasteiger partial charge >= 0.3 is 0 Å². The van der Waals surface area contributed by atoms with Crippen molar-refractivity contribution >= 4 is 27.4 Å². The zero-order chi connectivity index (χ0) is 25.3. The number of nitro groups is 1. The molecule has 2 aliphatic rings. The van der Waals surface area contributed by atoms with E-state index in [2.05, 4.69) is 22.0 Å². The number of non-ortho nitro benzene ring substituents is 1. The molecule has 0 bridgehead atoms. The van der Waals surface area contributed by atoms with Crippen LogP contribution in [-0.2, 0) is 11.4 Å². The molecule has 1 aliphatic heterocycles. The van der Waals surface area contributed by atoms with Crippen molar-refractivity contribution in [1.29, 1.82) is 5.26 Å². The lowest BCUT2D eigenvalue weighted by Crippen LogP contribution is -2.36. The average molecular weight is 539 g/mol. The van der Waals surface area contributed by atoms with Crippen molar-refractivity contribution in [3.63, 3.8) is 0 Å². The van der Waals surface area contributed by atoms with Crippen LogP contribution in [0.25, 0.3) is 0 Å². The highest BCUT2D eigenvalue weighted by molar-refractivity contribution is 9.10. The van der Waals surface area contributed by atoms with E-state index in [1.807, 2.05) is 0 Å². The van der Waals surface area contributed by atoms with E-state index in [0.29, 0.717) is 56.9 Å². The van der Waals surface area contributed by atoms with Gasteiger partial charge in [-0.05, 0) is 52.0 Å². The molecule has 0 aromatic heterocycles. The second kappa shape index (κ2) is 9.80. The summed E-state index contributed by atoms with van der Waals surface area (Å²) in [6, 6.07) is 11.9. The number of nitriles is 1. The number of hydrogen-bond acceptors (Lipinski definition) is 8. The molecule has 0 fully saturated rings. The van der Waals surface area contributed by atoms with Crippen LogP contribution in [0.4, 0.5) is 5.69 Å². The van der Waals surface area contributed by atoms with Crippen LogP contribution >= 0.6 is 15.9 Å². The Morgan fingerprint density at radius 2 is 2.09 bits per heavy atom. The summed E-state index contributed by atoms with van der Waals surface area (Å²) in [6.07, 6.45) is 1.86. The van der Waals surface area contributed by atoms with Gasteiger partial charge in [-0.3, -0.25) is 14.9 Å². The quantitative estimate of drug-likeness (QED) is 0.414. The molecular formula is C25H23BrN4O5. The number of ether oxygens (including phenoxy) is 2. The number of nitrogens with two attached hydrogens (primary N) is 1. The van der Waals surface area contributed by atoms with Crippen molar-refractivity contribution < 1.29 is 19.2 Å². The van der Waals surface area contributed by atoms with E-state index >= 15 is 0 Å². The van der Waals surface area contributed by atoms with Gasteiger partial charge in [0.25, 0.3) is 5.69 Å². The lowest BCUT2D eigenvalue weighted by molar-refractivity contribution is -0.384. The number of ketones is 1. The molecule has 1 aliphatic carbocycles. The van der Waals surface area contributed by atoms with Crippen LogP contribution in [0.5, 0.6) is 11.5 Å². The summed E-state index contributed by atoms with van der Waals surface area (Å²) in [7, 11) is 3.27. The number of benzene rings is 2. The van der Waals surface area contributed by atoms with Crippen LogP contribution in [-0.4, -0.2) is 29.8 Å². The summed E-state index contributed by atoms with van der Waals surface area (Å²) >= 11 is 3.53. The SMILES string of the molecule is COc1cc([C@H]2C(C#N)=C(N)N(C)C3=C2C(=O)CCC3)cc(Br)c1OCc1cccc([N+](=O)[O-])c1. The molecule has 1 heterocycles. The van der Waals surface area contributed by atoms with Gasteiger partial charge in [-0.1, -0.05) is 12.1 Å². The van der Waals surface area contributed by atoms with Gasteiger partial charge < -0.3 is 20.1 Å². The van der Waals surface area contributed by atoms with Crippen molar-refractivity contribution in [3.05, 3.63) is 84.8 Å². The maximum absolute atomic E-state index is 13.0. The molecule has 2 aromatic carbocycles. The van der Waals surface area contributed by atoms with E-state index in [4.69, 9.17) is 15.2 Å². The standard InChI is InChI=1S/C25H23BrN4O5/c1-29-19-7-4-8-20(31)23(19)22(17(12-27)25(29)28)15-10-18(26)24(21(11-15)34-2)35-13-14-5-3-6-16(9-14)30(32)33/h3,5-6,9-11,22H,4,7-8,13,28H2,1-2H3/t22-/m0/s1. The molecule has 0 amide bonds. The Labute approximate surface area is 210 Å². The smallest absolute Gasteiger partial charge is 0.269 e. The lowest BCUT2D eigenvalue weighted by Gasteiger charge is -2.37. The number of rotatable bonds is 6. The fraction of sp³-hybridized carbons (Fsp3) is 0.280. The van der Waals surface area contributed by atoms with Crippen LogP contribution in [0.1, 0.15) is 36.3 Å². The topological polar surface area (TPSA) is 132 Å². The molecule has 9 nitrogen and oxygen atoms in total. The Balaban J connectivity index is 1.73. The minimum absolute atomic E-state index is 0.00411. The molecule has 2 N–H and O–H groups in total. The molecule has 4 rings (SSSR count). The molecular weight excluding hydrogens is 516 g/mol. The van der Waals surface area contributed by atoms with E-state index in [1.165, 1.54) is 19.2 Å². The molecule has 10 heteroatoms. The van der Waals surface area contributed by atoms with Crippen LogP contribution in [0.2, 0.25) is 0 Å². The summed E-state index contributed by atoms with van der Waals surface area (Å²) in [4.78, 5) is 25.3.